The highest BCUT2D eigenvalue weighted by atomic mass is 19.1. The van der Waals surface area contributed by atoms with E-state index in [-0.39, 0.29) is 6.10 Å². The molecule has 1 aromatic rings. The number of likely N-dealkylation sites (N-methyl/N-ethyl adjacent to an activating group) is 1. The van der Waals surface area contributed by atoms with Crippen LogP contribution in [0, 0.1) is 5.95 Å². The maximum atomic E-state index is 12.8. The summed E-state index contributed by atoms with van der Waals surface area (Å²) >= 11 is 0. The summed E-state index contributed by atoms with van der Waals surface area (Å²) in [5, 5.41) is 0. The van der Waals surface area contributed by atoms with Crippen molar-refractivity contribution in [1.82, 2.24) is 9.97 Å². The normalized spacial score (nSPS) is 10.7. The van der Waals surface area contributed by atoms with E-state index in [2.05, 4.69) is 9.97 Å². The number of rotatable bonds is 5. The second-order valence-corrected chi connectivity index (χ2v) is 3.54. The maximum Gasteiger partial charge on any atom is 0.218 e. The lowest BCUT2D eigenvalue weighted by Crippen LogP contribution is -2.24. The molecule has 0 atom stereocenters. The van der Waals surface area contributed by atoms with Crippen LogP contribution in [0.1, 0.15) is 13.8 Å². The van der Waals surface area contributed by atoms with Crippen LogP contribution in [0.2, 0.25) is 0 Å². The largest absolute Gasteiger partial charge is 0.377 e. The Morgan fingerprint density at radius 2 is 2.20 bits per heavy atom. The van der Waals surface area contributed by atoms with Crippen LogP contribution in [-0.2, 0) is 4.74 Å². The van der Waals surface area contributed by atoms with Gasteiger partial charge in [0, 0.05) is 19.7 Å². The number of hydrogen-bond donors (Lipinski definition) is 0. The van der Waals surface area contributed by atoms with Crippen molar-refractivity contribution in [2.45, 2.75) is 20.0 Å². The minimum absolute atomic E-state index is 0.209. The van der Waals surface area contributed by atoms with Crippen molar-refractivity contribution in [3.63, 3.8) is 0 Å². The predicted molar refractivity (Wildman–Crippen MR) is 56.3 cm³/mol. The van der Waals surface area contributed by atoms with Crippen LogP contribution in [0.3, 0.4) is 0 Å². The highest BCUT2D eigenvalue weighted by molar-refractivity contribution is 5.35. The fourth-order valence-electron chi connectivity index (χ4n) is 1.07. The standard InChI is InChI=1S/C10H16FN3O/c1-8(2)15-5-4-14(3)10-6-9(11)12-7-13-10/h6-8H,4-5H2,1-3H3. The minimum Gasteiger partial charge on any atom is -0.377 e. The molecule has 0 aromatic carbocycles. The van der Waals surface area contributed by atoms with Gasteiger partial charge in [0.15, 0.2) is 0 Å². The van der Waals surface area contributed by atoms with Crippen LogP contribution in [0.15, 0.2) is 12.4 Å². The predicted octanol–water partition coefficient (Wildman–Crippen LogP) is 1.48. The van der Waals surface area contributed by atoms with Crippen molar-refractivity contribution in [1.29, 1.82) is 0 Å². The molecule has 0 aliphatic heterocycles. The van der Waals surface area contributed by atoms with E-state index in [1.165, 1.54) is 12.4 Å². The summed E-state index contributed by atoms with van der Waals surface area (Å²) in [5.74, 6) is 0.0477. The van der Waals surface area contributed by atoms with E-state index < -0.39 is 5.95 Å². The quantitative estimate of drug-likeness (QED) is 0.694. The van der Waals surface area contributed by atoms with Crippen molar-refractivity contribution in [2.75, 3.05) is 25.1 Å². The first-order chi connectivity index (χ1) is 7.09. The van der Waals surface area contributed by atoms with E-state index in [0.29, 0.717) is 19.0 Å². The molecule has 5 heteroatoms. The molecule has 0 aliphatic rings. The summed E-state index contributed by atoms with van der Waals surface area (Å²) in [4.78, 5) is 9.18. The molecule has 4 nitrogen and oxygen atoms in total. The Labute approximate surface area is 89.1 Å². The van der Waals surface area contributed by atoms with Gasteiger partial charge in [-0.25, -0.2) is 9.97 Å². The zero-order valence-corrected chi connectivity index (χ0v) is 9.27. The number of halogens is 1. The van der Waals surface area contributed by atoms with Crippen LogP contribution >= 0.6 is 0 Å². The molecule has 1 aromatic heterocycles. The molecule has 0 saturated heterocycles. The number of aromatic nitrogens is 2. The van der Waals surface area contributed by atoms with Crippen LogP contribution in [0.4, 0.5) is 10.2 Å². The van der Waals surface area contributed by atoms with Gasteiger partial charge in [-0.15, -0.1) is 0 Å². The van der Waals surface area contributed by atoms with Gasteiger partial charge in [-0.2, -0.15) is 4.39 Å². The molecule has 0 saturated carbocycles. The molecule has 84 valence electrons. The molecule has 0 fully saturated rings. The van der Waals surface area contributed by atoms with Gasteiger partial charge < -0.3 is 9.64 Å². The maximum absolute atomic E-state index is 12.8. The summed E-state index contributed by atoms with van der Waals surface area (Å²) in [6.07, 6.45) is 1.42. The molecule has 1 rings (SSSR count). The molecule has 1 heterocycles. The topological polar surface area (TPSA) is 38.2 Å². The van der Waals surface area contributed by atoms with Crippen molar-refractivity contribution < 1.29 is 9.13 Å². The molecule has 0 radical (unpaired) electrons. The zero-order chi connectivity index (χ0) is 11.3. The van der Waals surface area contributed by atoms with Crippen LogP contribution < -0.4 is 4.90 Å². The first kappa shape index (κ1) is 11.8. The van der Waals surface area contributed by atoms with Gasteiger partial charge in [-0.05, 0) is 13.8 Å². The smallest absolute Gasteiger partial charge is 0.218 e. The Hall–Kier alpha value is -1.23. The Bertz CT molecular complexity index is 306. The van der Waals surface area contributed by atoms with Crippen molar-refractivity contribution in [3.05, 3.63) is 18.3 Å². The van der Waals surface area contributed by atoms with Crippen molar-refractivity contribution in [2.24, 2.45) is 0 Å². The third-order valence-corrected chi connectivity index (χ3v) is 1.89. The lowest BCUT2D eigenvalue weighted by Gasteiger charge is -2.18. The third-order valence-electron chi connectivity index (χ3n) is 1.89. The summed E-state index contributed by atoms with van der Waals surface area (Å²) in [6, 6.07) is 1.30. The Morgan fingerprint density at radius 1 is 1.47 bits per heavy atom. The van der Waals surface area contributed by atoms with E-state index in [1.54, 1.807) is 0 Å². The van der Waals surface area contributed by atoms with E-state index in [9.17, 15) is 4.39 Å². The molecule has 0 bridgehead atoms. The van der Waals surface area contributed by atoms with Crippen LogP contribution in [-0.4, -0.2) is 36.3 Å². The van der Waals surface area contributed by atoms with E-state index in [4.69, 9.17) is 4.74 Å². The number of nitrogens with zero attached hydrogens (tertiary/aromatic N) is 3. The summed E-state index contributed by atoms with van der Waals surface area (Å²) in [7, 11) is 1.84. The van der Waals surface area contributed by atoms with Gasteiger partial charge in [0.05, 0.1) is 12.7 Å². The summed E-state index contributed by atoms with van der Waals surface area (Å²) < 4.78 is 18.2. The third kappa shape index (κ3) is 4.20. The molecule has 0 aliphatic carbocycles. The highest BCUT2D eigenvalue weighted by Crippen LogP contribution is 2.07. The van der Waals surface area contributed by atoms with Gasteiger partial charge >= 0.3 is 0 Å². The lowest BCUT2D eigenvalue weighted by atomic mass is 10.4. The summed E-state index contributed by atoms with van der Waals surface area (Å²) in [6.45, 7) is 5.23. The van der Waals surface area contributed by atoms with E-state index >= 15 is 0 Å². The van der Waals surface area contributed by atoms with Gasteiger partial charge in [-0.1, -0.05) is 0 Å². The first-order valence-electron chi connectivity index (χ1n) is 4.90. The molecule has 0 unspecified atom stereocenters. The SMILES string of the molecule is CC(C)OCCN(C)c1cc(F)ncn1. The van der Waals surface area contributed by atoms with Crippen LogP contribution in [0.25, 0.3) is 0 Å². The second-order valence-electron chi connectivity index (χ2n) is 3.54. The fraction of sp³-hybridized carbons (Fsp3) is 0.600. The molecular weight excluding hydrogens is 197 g/mol. The average molecular weight is 213 g/mol. The minimum atomic E-state index is -0.517. The van der Waals surface area contributed by atoms with E-state index in [1.807, 2.05) is 25.8 Å². The molecule has 0 N–H and O–H groups in total. The van der Waals surface area contributed by atoms with Crippen LogP contribution in [0.5, 0.6) is 0 Å². The monoisotopic (exact) mass is 213 g/mol. The van der Waals surface area contributed by atoms with Gasteiger partial charge in [0.2, 0.25) is 5.95 Å². The molecular formula is C10H16FN3O. The van der Waals surface area contributed by atoms with Crippen molar-refractivity contribution >= 4 is 5.82 Å². The zero-order valence-electron chi connectivity index (χ0n) is 9.27. The fourth-order valence-corrected chi connectivity index (χ4v) is 1.07. The molecule has 15 heavy (non-hydrogen) atoms. The Morgan fingerprint density at radius 3 is 2.80 bits per heavy atom. The van der Waals surface area contributed by atoms with Gasteiger partial charge in [0.1, 0.15) is 12.1 Å². The number of anilines is 1. The van der Waals surface area contributed by atoms with E-state index in [0.717, 1.165) is 0 Å². The Kier molecular flexibility index (Phi) is 4.42. The van der Waals surface area contributed by atoms with Gasteiger partial charge in [-0.3, -0.25) is 0 Å². The van der Waals surface area contributed by atoms with Crippen molar-refractivity contribution in [3.8, 4) is 0 Å². The molecule has 0 spiro atoms. The second kappa shape index (κ2) is 5.60. The number of hydrogen-bond acceptors (Lipinski definition) is 4. The highest BCUT2D eigenvalue weighted by Gasteiger charge is 2.04. The lowest BCUT2D eigenvalue weighted by molar-refractivity contribution is 0.0845. The number of ether oxygens (including phenoxy) is 1. The average Bonchev–Trinajstić information content (AvgIpc) is 2.17. The Balaban J connectivity index is 2.43. The first-order valence-corrected chi connectivity index (χ1v) is 4.90. The summed E-state index contributed by atoms with van der Waals surface area (Å²) in [5.41, 5.74) is 0. The van der Waals surface area contributed by atoms with Gasteiger partial charge in [0.25, 0.3) is 0 Å². The molecule has 0 amide bonds.